The minimum atomic E-state index is -0.493. The first-order chi connectivity index (χ1) is 16.0. The van der Waals surface area contributed by atoms with E-state index in [1.165, 1.54) is 25.4 Å². The van der Waals surface area contributed by atoms with Crippen LogP contribution in [0, 0.1) is 23.1 Å². The number of amides is 1. The zero-order valence-electron chi connectivity index (χ0n) is 17.7. The third-order valence-corrected chi connectivity index (χ3v) is 6.32. The number of ether oxygens (including phenoxy) is 1. The van der Waals surface area contributed by atoms with Crippen LogP contribution in [0.5, 0.6) is 0 Å². The second kappa shape index (κ2) is 9.75. The van der Waals surface area contributed by atoms with Crippen molar-refractivity contribution < 1.29 is 18.7 Å². The van der Waals surface area contributed by atoms with Crippen LogP contribution in [0.25, 0.3) is 11.3 Å². The molecule has 0 aliphatic carbocycles. The number of thiazole rings is 1. The number of nitriles is 1. The molecule has 1 fully saturated rings. The first-order valence-electron chi connectivity index (χ1n) is 10.3. The van der Waals surface area contributed by atoms with Gasteiger partial charge in [0.15, 0.2) is 5.13 Å². The molecule has 0 saturated carbocycles. The molecule has 10 heteroatoms. The molecule has 33 heavy (non-hydrogen) atoms. The zero-order chi connectivity index (χ0) is 23.4. The van der Waals surface area contributed by atoms with Gasteiger partial charge in [0.1, 0.15) is 28.3 Å². The van der Waals surface area contributed by atoms with Crippen molar-refractivity contribution in [2.45, 2.75) is 12.8 Å². The standard InChI is InChI=1S/C23H20FN5O3S/c1-32-22(31)14-8-10-29(11-9-14)19-7-6-15(13-26-19)21(30)28-23-27-20(18(12-25)33-23)16-4-2-3-5-17(16)24/h2-7,13-14H,8-11H2,1H3,(H,27,28,30). The summed E-state index contributed by atoms with van der Waals surface area (Å²) in [5, 5.41) is 12.2. The van der Waals surface area contributed by atoms with Crippen LogP contribution < -0.4 is 10.2 Å². The van der Waals surface area contributed by atoms with Gasteiger partial charge in [-0.1, -0.05) is 23.5 Å². The second-order valence-electron chi connectivity index (χ2n) is 7.43. The maximum absolute atomic E-state index is 14.1. The van der Waals surface area contributed by atoms with E-state index in [0.29, 0.717) is 31.5 Å². The molecule has 0 atom stereocenters. The number of nitrogens with zero attached hydrogens (tertiary/aromatic N) is 4. The Morgan fingerprint density at radius 2 is 2.00 bits per heavy atom. The first-order valence-corrected chi connectivity index (χ1v) is 11.1. The van der Waals surface area contributed by atoms with Crippen molar-refractivity contribution in [1.29, 1.82) is 5.26 Å². The second-order valence-corrected chi connectivity index (χ2v) is 8.43. The molecule has 168 valence electrons. The SMILES string of the molecule is COC(=O)C1CCN(c2ccc(C(=O)Nc3nc(-c4ccccc4F)c(C#N)s3)cn2)CC1. The molecule has 0 bridgehead atoms. The van der Waals surface area contributed by atoms with Gasteiger partial charge in [-0.2, -0.15) is 5.26 Å². The molecule has 3 heterocycles. The molecule has 3 aromatic rings. The van der Waals surface area contributed by atoms with E-state index in [9.17, 15) is 19.2 Å². The number of benzene rings is 1. The Kier molecular flexibility index (Phi) is 6.60. The molecule has 0 radical (unpaired) electrons. The average molecular weight is 466 g/mol. The zero-order valence-corrected chi connectivity index (χ0v) is 18.6. The van der Waals surface area contributed by atoms with E-state index in [0.717, 1.165) is 17.2 Å². The van der Waals surface area contributed by atoms with Gasteiger partial charge < -0.3 is 9.64 Å². The monoisotopic (exact) mass is 465 g/mol. The summed E-state index contributed by atoms with van der Waals surface area (Å²) in [6.45, 7) is 1.35. The van der Waals surface area contributed by atoms with E-state index in [-0.39, 0.29) is 33.2 Å². The number of nitrogens with one attached hydrogen (secondary N) is 1. The number of pyridine rings is 1. The van der Waals surface area contributed by atoms with Crippen molar-refractivity contribution in [1.82, 2.24) is 9.97 Å². The van der Waals surface area contributed by atoms with E-state index in [2.05, 4.69) is 20.2 Å². The normalized spacial score (nSPS) is 13.9. The predicted molar refractivity (Wildman–Crippen MR) is 121 cm³/mol. The summed E-state index contributed by atoms with van der Waals surface area (Å²) in [7, 11) is 1.40. The Morgan fingerprint density at radius 1 is 1.24 bits per heavy atom. The highest BCUT2D eigenvalue weighted by molar-refractivity contribution is 7.16. The molecule has 0 spiro atoms. The molecule has 1 aliphatic heterocycles. The maximum atomic E-state index is 14.1. The van der Waals surface area contributed by atoms with Gasteiger partial charge in [0.2, 0.25) is 0 Å². The lowest BCUT2D eigenvalue weighted by atomic mass is 9.97. The molecule has 1 amide bonds. The van der Waals surface area contributed by atoms with Crippen molar-refractivity contribution >= 4 is 34.2 Å². The van der Waals surface area contributed by atoms with E-state index in [4.69, 9.17) is 4.74 Å². The van der Waals surface area contributed by atoms with Crippen molar-refractivity contribution in [2.75, 3.05) is 30.4 Å². The summed E-state index contributed by atoms with van der Waals surface area (Å²) in [5.41, 5.74) is 0.719. The molecule has 8 nitrogen and oxygen atoms in total. The van der Waals surface area contributed by atoms with Gasteiger partial charge in [-0.3, -0.25) is 14.9 Å². The van der Waals surface area contributed by atoms with E-state index < -0.39 is 11.7 Å². The third-order valence-electron chi connectivity index (χ3n) is 5.44. The molecule has 4 rings (SSSR count). The highest BCUT2D eigenvalue weighted by atomic mass is 32.1. The number of carbonyl (C=O) groups is 2. The largest absolute Gasteiger partial charge is 0.469 e. The fourth-order valence-corrected chi connectivity index (χ4v) is 4.44. The van der Waals surface area contributed by atoms with E-state index in [1.807, 2.05) is 6.07 Å². The van der Waals surface area contributed by atoms with Gasteiger partial charge >= 0.3 is 5.97 Å². The number of aromatic nitrogens is 2. The van der Waals surface area contributed by atoms with Gasteiger partial charge in [-0.05, 0) is 37.1 Å². The number of piperidine rings is 1. The molecule has 2 aromatic heterocycles. The minimum absolute atomic E-state index is 0.0952. The van der Waals surface area contributed by atoms with Crippen molar-refractivity contribution in [3.05, 3.63) is 58.9 Å². The Labute approximate surface area is 193 Å². The van der Waals surface area contributed by atoms with E-state index >= 15 is 0 Å². The van der Waals surface area contributed by atoms with Gasteiger partial charge in [0.25, 0.3) is 5.91 Å². The summed E-state index contributed by atoms with van der Waals surface area (Å²) in [5.74, 6) is -0.487. The van der Waals surface area contributed by atoms with E-state index in [1.54, 1.807) is 24.3 Å². The number of halogens is 1. The summed E-state index contributed by atoms with van der Waals surface area (Å²) < 4.78 is 18.9. The average Bonchev–Trinajstić information content (AvgIpc) is 3.26. The van der Waals surface area contributed by atoms with Gasteiger partial charge in [0, 0.05) is 24.8 Å². The number of carbonyl (C=O) groups excluding carboxylic acids is 2. The highest BCUT2D eigenvalue weighted by Gasteiger charge is 2.26. The molecular weight excluding hydrogens is 445 g/mol. The molecular formula is C23H20FN5O3S. The topological polar surface area (TPSA) is 108 Å². The fourth-order valence-electron chi connectivity index (χ4n) is 3.67. The quantitative estimate of drug-likeness (QED) is 0.570. The van der Waals surface area contributed by atoms with Crippen LogP contribution in [-0.2, 0) is 9.53 Å². The molecule has 1 aromatic carbocycles. The lowest BCUT2D eigenvalue weighted by Crippen LogP contribution is -2.37. The Bertz CT molecular complexity index is 1210. The number of anilines is 2. The van der Waals surface area contributed by atoms with Crippen molar-refractivity contribution in [3.8, 4) is 17.3 Å². The van der Waals surface area contributed by atoms with Crippen LogP contribution in [0.2, 0.25) is 0 Å². The smallest absolute Gasteiger partial charge is 0.308 e. The number of hydrogen-bond acceptors (Lipinski definition) is 8. The Morgan fingerprint density at radius 3 is 2.64 bits per heavy atom. The number of methoxy groups -OCH3 is 1. The van der Waals surface area contributed by atoms with Gasteiger partial charge in [-0.25, -0.2) is 14.4 Å². The molecule has 1 saturated heterocycles. The highest BCUT2D eigenvalue weighted by Crippen LogP contribution is 2.32. The summed E-state index contributed by atoms with van der Waals surface area (Å²) >= 11 is 0.979. The first kappa shape index (κ1) is 22.4. The molecule has 0 unspecified atom stereocenters. The summed E-state index contributed by atoms with van der Waals surface area (Å²) in [6.07, 6.45) is 2.84. The van der Waals surface area contributed by atoms with Crippen molar-refractivity contribution in [3.63, 3.8) is 0 Å². The van der Waals surface area contributed by atoms with Crippen molar-refractivity contribution in [2.24, 2.45) is 5.92 Å². The van der Waals surface area contributed by atoms with Crippen LogP contribution >= 0.6 is 11.3 Å². The fraction of sp³-hybridized carbons (Fsp3) is 0.261. The third kappa shape index (κ3) is 4.83. The maximum Gasteiger partial charge on any atom is 0.308 e. The van der Waals surface area contributed by atoms with Crippen LogP contribution in [-0.4, -0.2) is 42.0 Å². The van der Waals surface area contributed by atoms with Crippen LogP contribution in [0.4, 0.5) is 15.3 Å². The molecule has 1 aliphatic rings. The molecule has 1 N–H and O–H groups in total. The minimum Gasteiger partial charge on any atom is -0.469 e. The Hall–Kier alpha value is -3.84. The van der Waals surface area contributed by atoms with Crippen LogP contribution in [0.3, 0.4) is 0 Å². The number of hydrogen-bond donors (Lipinski definition) is 1. The summed E-state index contributed by atoms with van der Waals surface area (Å²) in [4.78, 5) is 35.2. The van der Waals surface area contributed by atoms with Crippen LogP contribution in [0.15, 0.2) is 42.6 Å². The predicted octanol–water partition coefficient (Wildman–Crippen LogP) is 3.86. The lowest BCUT2D eigenvalue weighted by molar-refractivity contribution is -0.146. The van der Waals surface area contributed by atoms with Crippen LogP contribution in [0.1, 0.15) is 28.1 Å². The summed E-state index contributed by atoms with van der Waals surface area (Å²) in [6, 6.07) is 11.4. The number of rotatable bonds is 5. The number of esters is 1. The lowest BCUT2D eigenvalue weighted by Gasteiger charge is -2.31. The Balaban J connectivity index is 1.43. The van der Waals surface area contributed by atoms with Gasteiger partial charge in [-0.15, -0.1) is 0 Å². The van der Waals surface area contributed by atoms with Gasteiger partial charge in [0.05, 0.1) is 18.6 Å².